The Labute approximate surface area is 156 Å². The topological polar surface area (TPSA) is 82.2 Å². The molecule has 3 rings (SSSR count). The largest absolute Gasteiger partial charge is 0.497 e. The number of rotatable bonds is 6. The van der Waals surface area contributed by atoms with Crippen molar-refractivity contribution >= 4 is 18.4 Å². The van der Waals surface area contributed by atoms with E-state index in [1.807, 2.05) is 43.8 Å². The van der Waals surface area contributed by atoms with Gasteiger partial charge in [-0.25, -0.2) is 5.10 Å². The Kier molecular flexibility index (Phi) is 5.17. The van der Waals surface area contributed by atoms with Crippen LogP contribution in [0.2, 0.25) is 0 Å². The zero-order valence-corrected chi connectivity index (χ0v) is 15.9. The number of aryl methyl sites for hydroxylation is 2. The number of nitrogens with one attached hydrogen (secondary N) is 1. The monoisotopic (exact) mass is 372 g/mol. The van der Waals surface area contributed by atoms with Gasteiger partial charge in [-0.1, -0.05) is 6.07 Å². The number of hydrogen-bond acceptors (Lipinski definition) is 6. The molecule has 0 aliphatic carbocycles. The van der Waals surface area contributed by atoms with Gasteiger partial charge in [0.2, 0.25) is 4.77 Å². The van der Waals surface area contributed by atoms with E-state index in [2.05, 4.69) is 20.4 Å². The van der Waals surface area contributed by atoms with Crippen molar-refractivity contribution in [1.82, 2.24) is 24.7 Å². The molecule has 0 fully saturated rings. The quantitative estimate of drug-likeness (QED) is 0.531. The predicted molar refractivity (Wildman–Crippen MR) is 100 cm³/mol. The zero-order chi connectivity index (χ0) is 18.7. The number of benzene rings is 1. The molecule has 136 valence electrons. The minimum absolute atomic E-state index is 0.211. The van der Waals surface area contributed by atoms with Crippen LogP contribution >= 0.6 is 12.2 Å². The molecule has 26 heavy (non-hydrogen) atoms. The lowest BCUT2D eigenvalue weighted by atomic mass is 10.2. The van der Waals surface area contributed by atoms with Crippen LogP contribution in [0.5, 0.6) is 11.5 Å². The number of nitrogens with zero attached hydrogens (tertiary/aromatic N) is 5. The van der Waals surface area contributed by atoms with Crippen LogP contribution in [0.25, 0.3) is 0 Å². The van der Waals surface area contributed by atoms with Crippen molar-refractivity contribution in [3.63, 3.8) is 0 Å². The summed E-state index contributed by atoms with van der Waals surface area (Å²) < 4.78 is 14.7. The second kappa shape index (κ2) is 7.52. The molecule has 1 aromatic carbocycles. The molecule has 1 N–H and O–H groups in total. The van der Waals surface area contributed by atoms with Gasteiger partial charge in [0, 0.05) is 24.4 Å². The van der Waals surface area contributed by atoms with Crippen LogP contribution in [0.4, 0.5) is 0 Å². The summed E-state index contributed by atoms with van der Waals surface area (Å²) in [6, 6.07) is 7.36. The highest BCUT2D eigenvalue weighted by molar-refractivity contribution is 7.71. The molecule has 0 spiro atoms. The van der Waals surface area contributed by atoms with Gasteiger partial charge in [-0.2, -0.15) is 20.0 Å². The fourth-order valence-electron chi connectivity index (χ4n) is 2.47. The van der Waals surface area contributed by atoms with E-state index in [1.165, 1.54) is 0 Å². The lowest BCUT2D eigenvalue weighted by Gasteiger charge is -2.07. The number of H-pyrrole nitrogens is 1. The summed E-state index contributed by atoms with van der Waals surface area (Å²) in [6.45, 7) is 4.14. The zero-order valence-electron chi connectivity index (χ0n) is 15.1. The van der Waals surface area contributed by atoms with Gasteiger partial charge in [-0.3, -0.25) is 4.68 Å². The average Bonchev–Trinajstić information content (AvgIpc) is 3.11. The third-order valence-electron chi connectivity index (χ3n) is 3.99. The summed E-state index contributed by atoms with van der Waals surface area (Å²) in [5.74, 6) is 1.96. The van der Waals surface area contributed by atoms with Crippen LogP contribution in [0, 0.1) is 18.6 Å². The third kappa shape index (κ3) is 3.67. The highest BCUT2D eigenvalue weighted by Gasteiger charge is 2.09. The molecule has 0 saturated carbocycles. The van der Waals surface area contributed by atoms with Crippen LogP contribution in [-0.2, 0) is 13.7 Å². The van der Waals surface area contributed by atoms with Crippen molar-refractivity contribution in [3.05, 3.63) is 51.8 Å². The van der Waals surface area contributed by atoms with Gasteiger partial charge in [0.15, 0.2) is 5.82 Å². The maximum absolute atomic E-state index is 5.77. The molecule has 0 saturated heterocycles. The van der Waals surface area contributed by atoms with Crippen molar-refractivity contribution in [1.29, 1.82) is 0 Å². The first kappa shape index (κ1) is 17.9. The normalized spacial score (nSPS) is 11.2. The van der Waals surface area contributed by atoms with Gasteiger partial charge < -0.3 is 9.47 Å². The highest BCUT2D eigenvalue weighted by atomic mass is 32.1. The van der Waals surface area contributed by atoms with Crippen molar-refractivity contribution in [2.75, 3.05) is 7.11 Å². The molecule has 0 amide bonds. The number of ether oxygens (including phenoxy) is 2. The molecular formula is C17H20N6O2S. The molecular weight excluding hydrogens is 352 g/mol. The van der Waals surface area contributed by atoms with Crippen LogP contribution in [0.3, 0.4) is 0 Å². The Morgan fingerprint density at radius 1 is 1.31 bits per heavy atom. The summed E-state index contributed by atoms with van der Waals surface area (Å²) in [7, 11) is 3.51. The Balaban J connectivity index is 1.80. The molecule has 3 aromatic rings. The van der Waals surface area contributed by atoms with Gasteiger partial charge in [-0.05, 0) is 38.2 Å². The van der Waals surface area contributed by atoms with Gasteiger partial charge in [0.25, 0.3) is 0 Å². The Bertz CT molecular complexity index is 1000. The molecule has 9 heteroatoms. The minimum atomic E-state index is 0.211. The van der Waals surface area contributed by atoms with Gasteiger partial charge >= 0.3 is 0 Å². The second-order valence-corrected chi connectivity index (χ2v) is 6.06. The highest BCUT2D eigenvalue weighted by Crippen LogP contribution is 2.19. The van der Waals surface area contributed by atoms with Crippen LogP contribution < -0.4 is 9.47 Å². The van der Waals surface area contributed by atoms with Gasteiger partial charge in [-0.15, -0.1) is 0 Å². The van der Waals surface area contributed by atoms with E-state index in [1.54, 1.807) is 24.1 Å². The molecule has 0 aliphatic rings. The van der Waals surface area contributed by atoms with Gasteiger partial charge in [0.05, 0.1) is 19.0 Å². The Hall–Kier alpha value is -2.94. The molecule has 0 radical (unpaired) electrons. The van der Waals surface area contributed by atoms with E-state index < -0.39 is 0 Å². The van der Waals surface area contributed by atoms with Crippen LogP contribution in [0.1, 0.15) is 22.8 Å². The summed E-state index contributed by atoms with van der Waals surface area (Å²) >= 11 is 5.26. The molecule has 8 nitrogen and oxygen atoms in total. The van der Waals surface area contributed by atoms with E-state index in [0.717, 1.165) is 22.7 Å². The van der Waals surface area contributed by atoms with E-state index >= 15 is 0 Å². The maximum atomic E-state index is 5.77. The number of aromatic nitrogens is 5. The summed E-state index contributed by atoms with van der Waals surface area (Å²) in [5, 5.41) is 15.8. The molecule has 2 aromatic heterocycles. The molecule has 2 heterocycles. The smallest absolute Gasteiger partial charge is 0.216 e. The van der Waals surface area contributed by atoms with Crippen molar-refractivity contribution in [3.8, 4) is 11.5 Å². The lowest BCUT2D eigenvalue weighted by molar-refractivity contribution is 0.288. The molecule has 0 bridgehead atoms. The summed E-state index contributed by atoms with van der Waals surface area (Å²) in [6.07, 6.45) is 1.73. The fraction of sp³-hybridized carbons (Fsp3) is 0.294. The van der Waals surface area contributed by atoms with E-state index in [-0.39, 0.29) is 6.61 Å². The number of hydrogen-bond donors (Lipinski definition) is 1. The second-order valence-electron chi connectivity index (χ2n) is 5.68. The predicted octanol–water partition coefficient (Wildman–Crippen LogP) is 2.76. The Morgan fingerprint density at radius 3 is 2.77 bits per heavy atom. The van der Waals surface area contributed by atoms with Crippen molar-refractivity contribution in [2.24, 2.45) is 12.1 Å². The third-order valence-corrected chi connectivity index (χ3v) is 4.26. The first-order chi connectivity index (χ1) is 12.5. The maximum Gasteiger partial charge on any atom is 0.216 e. The minimum Gasteiger partial charge on any atom is -0.497 e. The summed E-state index contributed by atoms with van der Waals surface area (Å²) in [5.41, 5.74) is 2.88. The fourth-order valence-corrected chi connectivity index (χ4v) is 2.67. The standard InChI is InChI=1S/C17H20N6O2S/c1-11-15(12(2)22(3)21-11)9-18-23-16(19-20-17(23)26)10-25-14-7-5-6-13(8-14)24-4/h5-9H,10H2,1-4H3,(H,20,26). The molecule has 0 aliphatic heterocycles. The average molecular weight is 372 g/mol. The lowest BCUT2D eigenvalue weighted by Crippen LogP contribution is -2.04. The number of methoxy groups -OCH3 is 1. The van der Waals surface area contributed by atoms with E-state index in [9.17, 15) is 0 Å². The first-order valence-electron chi connectivity index (χ1n) is 7.97. The van der Waals surface area contributed by atoms with Gasteiger partial charge in [0.1, 0.15) is 18.1 Å². The van der Waals surface area contributed by atoms with Crippen molar-refractivity contribution in [2.45, 2.75) is 20.5 Å². The van der Waals surface area contributed by atoms with Crippen LogP contribution in [-0.4, -0.2) is 38.0 Å². The summed E-state index contributed by atoms with van der Waals surface area (Å²) in [4.78, 5) is 0. The first-order valence-corrected chi connectivity index (χ1v) is 8.38. The van der Waals surface area contributed by atoms with Crippen LogP contribution in [0.15, 0.2) is 29.4 Å². The molecule has 0 unspecified atom stereocenters. The number of aromatic amines is 1. The van der Waals surface area contributed by atoms with Crippen molar-refractivity contribution < 1.29 is 9.47 Å². The molecule has 0 atom stereocenters. The van der Waals surface area contributed by atoms with E-state index in [0.29, 0.717) is 16.3 Å². The SMILES string of the molecule is COc1cccc(OCc2n[nH]c(=S)n2N=Cc2c(C)nn(C)c2C)c1. The Morgan fingerprint density at radius 2 is 2.08 bits per heavy atom. The van der Waals surface area contributed by atoms with E-state index in [4.69, 9.17) is 21.7 Å².